The average Bonchev–Trinajstić information content (AvgIpc) is 2.96. The second-order valence-corrected chi connectivity index (χ2v) is 6.27. The average molecular weight is 304 g/mol. The zero-order valence-corrected chi connectivity index (χ0v) is 12.1. The van der Waals surface area contributed by atoms with Gasteiger partial charge in [0.25, 0.3) is 5.91 Å². The van der Waals surface area contributed by atoms with Gasteiger partial charge in [-0.1, -0.05) is 6.07 Å². The molecule has 2 heterocycles. The van der Waals surface area contributed by atoms with E-state index in [2.05, 4.69) is 10.3 Å². The molecule has 1 fully saturated rings. The summed E-state index contributed by atoms with van der Waals surface area (Å²) in [7, 11) is 0. The van der Waals surface area contributed by atoms with Crippen LogP contribution in [0, 0.1) is 5.92 Å². The van der Waals surface area contributed by atoms with E-state index in [0.29, 0.717) is 18.4 Å². The standard InChI is InChI=1S/C15H16N2O3S/c18-11-6-10(7-11)14(12-2-1-5-21-12)17-15(20)9-3-4-13(19)16-8-9/h1-5,8,10-11,14,18H,6-7H2,(H,16,19)(H,17,20). The van der Waals surface area contributed by atoms with E-state index in [9.17, 15) is 14.7 Å². The lowest BCUT2D eigenvalue weighted by atomic mass is 9.76. The maximum Gasteiger partial charge on any atom is 0.253 e. The number of hydrogen-bond donors (Lipinski definition) is 3. The van der Waals surface area contributed by atoms with Crippen LogP contribution in [0.3, 0.4) is 0 Å². The Labute approximate surface area is 125 Å². The van der Waals surface area contributed by atoms with Gasteiger partial charge in [-0.15, -0.1) is 11.3 Å². The first kappa shape index (κ1) is 14.0. The molecular weight excluding hydrogens is 288 g/mol. The van der Waals surface area contributed by atoms with Gasteiger partial charge in [-0.3, -0.25) is 9.59 Å². The highest BCUT2D eigenvalue weighted by atomic mass is 32.1. The third-order valence-corrected chi connectivity index (χ3v) is 4.76. The van der Waals surface area contributed by atoms with Crippen molar-refractivity contribution in [1.29, 1.82) is 0 Å². The maximum atomic E-state index is 12.3. The molecule has 1 aliphatic carbocycles. The van der Waals surface area contributed by atoms with Gasteiger partial charge in [0.05, 0.1) is 17.7 Å². The summed E-state index contributed by atoms with van der Waals surface area (Å²) in [6.45, 7) is 0. The number of aromatic nitrogens is 1. The van der Waals surface area contributed by atoms with Crippen LogP contribution in [0.4, 0.5) is 0 Å². The van der Waals surface area contributed by atoms with Crippen LogP contribution in [0.15, 0.2) is 40.6 Å². The first-order chi connectivity index (χ1) is 10.1. The molecule has 6 heteroatoms. The van der Waals surface area contributed by atoms with Gasteiger partial charge >= 0.3 is 0 Å². The van der Waals surface area contributed by atoms with Crippen molar-refractivity contribution in [2.24, 2.45) is 5.92 Å². The molecule has 1 unspecified atom stereocenters. The van der Waals surface area contributed by atoms with Gasteiger partial charge < -0.3 is 15.4 Å². The van der Waals surface area contributed by atoms with E-state index in [1.165, 1.54) is 18.3 Å². The Hall–Kier alpha value is -1.92. The quantitative estimate of drug-likeness (QED) is 0.803. The molecule has 1 saturated carbocycles. The lowest BCUT2D eigenvalue weighted by molar-refractivity contribution is 0.0241. The fraction of sp³-hybridized carbons (Fsp3) is 0.333. The second kappa shape index (κ2) is 5.83. The molecule has 3 N–H and O–H groups in total. The van der Waals surface area contributed by atoms with E-state index < -0.39 is 0 Å². The third-order valence-electron chi connectivity index (χ3n) is 3.80. The van der Waals surface area contributed by atoms with Crippen molar-refractivity contribution in [3.05, 3.63) is 56.6 Å². The fourth-order valence-corrected chi connectivity index (χ4v) is 3.44. The fourth-order valence-electron chi connectivity index (χ4n) is 2.57. The third kappa shape index (κ3) is 3.06. The minimum absolute atomic E-state index is 0.0900. The number of carbonyl (C=O) groups excluding carboxylic acids is 1. The molecule has 2 aromatic rings. The van der Waals surface area contributed by atoms with Crippen molar-refractivity contribution in [1.82, 2.24) is 10.3 Å². The van der Waals surface area contributed by atoms with Crippen molar-refractivity contribution >= 4 is 17.2 Å². The minimum Gasteiger partial charge on any atom is -0.393 e. The van der Waals surface area contributed by atoms with Crippen molar-refractivity contribution in [2.75, 3.05) is 0 Å². The molecule has 0 aromatic carbocycles. The molecule has 2 aromatic heterocycles. The largest absolute Gasteiger partial charge is 0.393 e. The topological polar surface area (TPSA) is 82.2 Å². The Morgan fingerprint density at radius 3 is 2.76 bits per heavy atom. The summed E-state index contributed by atoms with van der Waals surface area (Å²) in [4.78, 5) is 26.9. The molecule has 0 radical (unpaired) electrons. The van der Waals surface area contributed by atoms with Crippen LogP contribution in [0.1, 0.15) is 34.1 Å². The molecule has 0 spiro atoms. The van der Waals surface area contributed by atoms with Crippen LogP contribution in [-0.4, -0.2) is 22.1 Å². The lowest BCUT2D eigenvalue weighted by Gasteiger charge is -2.37. The van der Waals surface area contributed by atoms with E-state index in [-0.39, 0.29) is 29.5 Å². The van der Waals surface area contributed by atoms with E-state index in [0.717, 1.165) is 4.88 Å². The van der Waals surface area contributed by atoms with Gasteiger partial charge in [-0.05, 0) is 36.3 Å². The predicted octanol–water partition coefficient (Wildman–Crippen LogP) is 1.68. The molecule has 1 amide bonds. The van der Waals surface area contributed by atoms with Gasteiger partial charge in [0.1, 0.15) is 0 Å². The zero-order chi connectivity index (χ0) is 14.8. The Morgan fingerprint density at radius 2 is 2.19 bits per heavy atom. The number of nitrogens with one attached hydrogen (secondary N) is 2. The SMILES string of the molecule is O=C(NC(c1cccs1)C1CC(O)C1)c1ccc(=O)[nH]c1. The Kier molecular flexibility index (Phi) is 3.90. The molecule has 0 bridgehead atoms. The van der Waals surface area contributed by atoms with Crippen LogP contribution in [0.25, 0.3) is 0 Å². The number of amides is 1. The highest BCUT2D eigenvalue weighted by Crippen LogP contribution is 2.39. The smallest absolute Gasteiger partial charge is 0.253 e. The van der Waals surface area contributed by atoms with E-state index in [4.69, 9.17) is 0 Å². The van der Waals surface area contributed by atoms with Crippen molar-refractivity contribution in [3.8, 4) is 0 Å². The number of aliphatic hydroxyl groups excluding tert-OH is 1. The first-order valence-corrected chi connectivity index (χ1v) is 7.72. The monoisotopic (exact) mass is 304 g/mol. The second-order valence-electron chi connectivity index (χ2n) is 5.29. The predicted molar refractivity (Wildman–Crippen MR) is 80.3 cm³/mol. The Morgan fingerprint density at radius 1 is 1.38 bits per heavy atom. The normalized spacial score (nSPS) is 22.3. The van der Waals surface area contributed by atoms with E-state index in [1.54, 1.807) is 11.3 Å². The number of thiophene rings is 1. The van der Waals surface area contributed by atoms with E-state index >= 15 is 0 Å². The molecular formula is C15H16N2O3S. The molecule has 3 rings (SSSR count). The van der Waals surface area contributed by atoms with Crippen LogP contribution >= 0.6 is 11.3 Å². The molecule has 1 aliphatic rings. The number of hydrogen-bond acceptors (Lipinski definition) is 4. The van der Waals surface area contributed by atoms with Crippen molar-refractivity contribution in [3.63, 3.8) is 0 Å². The van der Waals surface area contributed by atoms with Crippen molar-refractivity contribution in [2.45, 2.75) is 25.0 Å². The number of aromatic amines is 1. The zero-order valence-electron chi connectivity index (χ0n) is 11.3. The highest BCUT2D eigenvalue weighted by Gasteiger charge is 2.36. The van der Waals surface area contributed by atoms with Gasteiger partial charge in [-0.2, -0.15) is 0 Å². The van der Waals surface area contributed by atoms with Crippen molar-refractivity contribution < 1.29 is 9.90 Å². The highest BCUT2D eigenvalue weighted by molar-refractivity contribution is 7.10. The minimum atomic E-state index is -0.262. The molecule has 110 valence electrons. The van der Waals surface area contributed by atoms with Gasteiger partial charge in [0.2, 0.25) is 5.56 Å². The van der Waals surface area contributed by atoms with Gasteiger partial charge in [0.15, 0.2) is 0 Å². The Bertz CT molecular complexity index is 654. The van der Waals surface area contributed by atoms with E-state index in [1.807, 2.05) is 17.5 Å². The maximum absolute atomic E-state index is 12.3. The summed E-state index contributed by atoms with van der Waals surface area (Å²) < 4.78 is 0. The summed E-state index contributed by atoms with van der Waals surface area (Å²) in [6, 6.07) is 6.70. The first-order valence-electron chi connectivity index (χ1n) is 6.84. The summed E-state index contributed by atoms with van der Waals surface area (Å²) in [5.74, 6) is 0.0383. The van der Waals surface area contributed by atoms with Gasteiger partial charge in [-0.25, -0.2) is 0 Å². The van der Waals surface area contributed by atoms with Crippen LogP contribution < -0.4 is 10.9 Å². The summed E-state index contributed by atoms with van der Waals surface area (Å²) in [5, 5.41) is 14.5. The summed E-state index contributed by atoms with van der Waals surface area (Å²) >= 11 is 1.60. The molecule has 1 atom stereocenters. The van der Waals surface area contributed by atoms with Crippen LogP contribution in [0.2, 0.25) is 0 Å². The number of pyridine rings is 1. The van der Waals surface area contributed by atoms with Crippen LogP contribution in [-0.2, 0) is 0 Å². The number of aliphatic hydroxyl groups is 1. The summed E-state index contributed by atoms with van der Waals surface area (Å²) in [5.41, 5.74) is 0.194. The number of H-pyrrole nitrogens is 1. The van der Waals surface area contributed by atoms with Crippen LogP contribution in [0.5, 0.6) is 0 Å². The summed E-state index contributed by atoms with van der Waals surface area (Å²) in [6.07, 6.45) is 2.56. The number of carbonyl (C=O) groups is 1. The molecule has 0 saturated heterocycles. The Balaban J connectivity index is 1.76. The molecule has 21 heavy (non-hydrogen) atoms. The van der Waals surface area contributed by atoms with Gasteiger partial charge in [0, 0.05) is 17.1 Å². The molecule has 0 aliphatic heterocycles. The molecule has 5 nitrogen and oxygen atoms in total. The lowest BCUT2D eigenvalue weighted by Crippen LogP contribution is -2.41. The number of rotatable bonds is 4.